The molecule has 2 aliphatic rings. The van der Waals surface area contributed by atoms with Crippen LogP contribution in [0.5, 0.6) is 0 Å². The number of anilines is 1. The molecule has 2 unspecified atom stereocenters. The lowest BCUT2D eigenvalue weighted by molar-refractivity contribution is 0.197. The topological polar surface area (TPSA) is 50.3 Å². The Bertz CT molecular complexity index is 516. The first-order valence-electron chi connectivity index (χ1n) is 7.34. The van der Waals surface area contributed by atoms with Crippen molar-refractivity contribution in [1.82, 2.24) is 14.9 Å². The Morgan fingerprint density at radius 2 is 2.33 bits per heavy atom. The number of piperidine rings is 1. The minimum atomic E-state index is 0.510. The van der Waals surface area contributed by atoms with Gasteiger partial charge in [-0.1, -0.05) is 11.6 Å². The number of thioether (sulfide) groups is 1. The van der Waals surface area contributed by atoms with Crippen molar-refractivity contribution in [2.75, 3.05) is 45.7 Å². The van der Waals surface area contributed by atoms with E-state index in [9.17, 15) is 0 Å². The molecule has 116 valence electrons. The largest absolute Gasteiger partial charge is 0.385 e. The highest BCUT2D eigenvalue weighted by molar-refractivity contribution is 8.00. The van der Waals surface area contributed by atoms with E-state index in [2.05, 4.69) is 27.2 Å². The van der Waals surface area contributed by atoms with Gasteiger partial charge in [0.25, 0.3) is 0 Å². The molecule has 21 heavy (non-hydrogen) atoms. The van der Waals surface area contributed by atoms with E-state index in [1.54, 1.807) is 7.11 Å². The second kappa shape index (κ2) is 6.69. The fourth-order valence-electron chi connectivity index (χ4n) is 2.98. The van der Waals surface area contributed by atoms with Crippen LogP contribution in [0.3, 0.4) is 0 Å². The average Bonchev–Trinajstić information content (AvgIpc) is 2.81. The number of ether oxygens (including phenoxy) is 1. The van der Waals surface area contributed by atoms with Gasteiger partial charge in [-0.25, -0.2) is 9.97 Å². The van der Waals surface area contributed by atoms with E-state index < -0.39 is 0 Å². The van der Waals surface area contributed by atoms with Crippen molar-refractivity contribution in [3.8, 4) is 0 Å². The maximum Gasteiger partial charge on any atom is 0.225 e. The Hall–Kier alpha value is -0.560. The Morgan fingerprint density at radius 3 is 3.14 bits per heavy atom. The smallest absolute Gasteiger partial charge is 0.225 e. The van der Waals surface area contributed by atoms with E-state index >= 15 is 0 Å². The van der Waals surface area contributed by atoms with E-state index in [0.29, 0.717) is 22.3 Å². The predicted molar refractivity (Wildman–Crippen MR) is 86.5 cm³/mol. The van der Waals surface area contributed by atoms with Gasteiger partial charge in [0, 0.05) is 43.5 Å². The summed E-state index contributed by atoms with van der Waals surface area (Å²) in [6.45, 7) is 3.74. The number of methoxy groups -OCH3 is 1. The summed E-state index contributed by atoms with van der Waals surface area (Å²) in [5.74, 6) is 1.14. The van der Waals surface area contributed by atoms with Crippen LogP contribution in [0, 0.1) is 0 Å². The number of fused-ring (bicyclic) bond motifs is 3. The molecule has 1 aromatic rings. The van der Waals surface area contributed by atoms with Crippen LogP contribution < -0.4 is 5.32 Å². The fourth-order valence-corrected chi connectivity index (χ4v) is 4.92. The highest BCUT2D eigenvalue weighted by atomic mass is 35.5. The fraction of sp³-hybridized carbons (Fsp3) is 0.714. The van der Waals surface area contributed by atoms with Gasteiger partial charge >= 0.3 is 0 Å². The predicted octanol–water partition coefficient (Wildman–Crippen LogP) is 2.47. The van der Waals surface area contributed by atoms with Crippen LogP contribution in [0.2, 0.25) is 5.15 Å². The first-order valence-corrected chi connectivity index (χ1v) is 8.60. The Balaban J connectivity index is 1.73. The zero-order valence-electron chi connectivity index (χ0n) is 12.4. The van der Waals surface area contributed by atoms with Crippen LogP contribution in [-0.4, -0.2) is 60.5 Å². The maximum absolute atomic E-state index is 6.43. The summed E-state index contributed by atoms with van der Waals surface area (Å²) in [7, 11) is 3.88. The Kier molecular flexibility index (Phi) is 4.88. The molecule has 2 aliphatic heterocycles. The molecule has 2 atom stereocenters. The number of nitrogens with zero attached hydrogens (tertiary/aromatic N) is 3. The molecule has 7 heteroatoms. The minimum Gasteiger partial charge on any atom is -0.385 e. The van der Waals surface area contributed by atoms with Crippen LogP contribution in [-0.2, 0) is 4.74 Å². The quantitative estimate of drug-likeness (QED) is 0.662. The van der Waals surface area contributed by atoms with Crippen molar-refractivity contribution in [3.63, 3.8) is 0 Å². The lowest BCUT2D eigenvalue weighted by Gasteiger charge is -2.31. The molecule has 3 heterocycles. The van der Waals surface area contributed by atoms with Crippen LogP contribution in [0.15, 0.2) is 5.03 Å². The number of halogens is 1. The van der Waals surface area contributed by atoms with Gasteiger partial charge in [0.2, 0.25) is 5.95 Å². The number of hydrogen-bond donors (Lipinski definition) is 1. The maximum atomic E-state index is 6.43. The highest BCUT2D eigenvalue weighted by Gasteiger charge is 2.40. The summed E-state index contributed by atoms with van der Waals surface area (Å²) in [5, 5.41) is 5.48. The zero-order chi connectivity index (χ0) is 14.8. The number of aromatic nitrogens is 2. The average molecular weight is 329 g/mol. The van der Waals surface area contributed by atoms with Crippen molar-refractivity contribution in [1.29, 1.82) is 0 Å². The summed E-state index contributed by atoms with van der Waals surface area (Å²) in [6, 6.07) is 0. The third kappa shape index (κ3) is 3.28. The molecule has 1 fully saturated rings. The number of hydrogen-bond acceptors (Lipinski definition) is 6. The number of nitrogens with one attached hydrogen (secondary N) is 1. The van der Waals surface area contributed by atoms with Crippen LogP contribution in [0.25, 0.3) is 0 Å². The van der Waals surface area contributed by atoms with E-state index in [0.717, 1.165) is 44.1 Å². The Morgan fingerprint density at radius 1 is 1.48 bits per heavy atom. The summed E-state index contributed by atoms with van der Waals surface area (Å²) in [5.41, 5.74) is 1.17. The molecule has 0 bridgehead atoms. The summed E-state index contributed by atoms with van der Waals surface area (Å²) < 4.78 is 5.04. The van der Waals surface area contributed by atoms with Gasteiger partial charge in [0.05, 0.1) is 0 Å². The molecule has 1 aromatic heterocycles. The van der Waals surface area contributed by atoms with Gasteiger partial charge in [0.15, 0.2) is 0 Å². The van der Waals surface area contributed by atoms with E-state index in [4.69, 9.17) is 16.3 Å². The SMILES string of the molecule is COCCCNc1nc(Cl)c2c(n1)SC1CN(C)CCC21. The molecule has 0 saturated carbocycles. The molecule has 0 aliphatic carbocycles. The van der Waals surface area contributed by atoms with Crippen molar-refractivity contribution in [2.24, 2.45) is 0 Å². The number of rotatable bonds is 5. The van der Waals surface area contributed by atoms with Crippen LogP contribution in [0.4, 0.5) is 5.95 Å². The second-order valence-corrected chi connectivity index (χ2v) is 7.23. The molecule has 0 amide bonds. The molecule has 1 saturated heterocycles. The summed E-state index contributed by atoms with van der Waals surface area (Å²) >= 11 is 8.28. The second-order valence-electron chi connectivity index (χ2n) is 5.64. The summed E-state index contributed by atoms with van der Waals surface area (Å²) in [6.07, 6.45) is 2.07. The zero-order valence-corrected chi connectivity index (χ0v) is 14.0. The van der Waals surface area contributed by atoms with E-state index in [1.165, 1.54) is 5.56 Å². The third-order valence-corrected chi connectivity index (χ3v) is 5.67. The molecular formula is C14H21ClN4OS. The molecule has 0 radical (unpaired) electrons. The van der Waals surface area contributed by atoms with Crippen molar-refractivity contribution in [2.45, 2.75) is 29.0 Å². The number of likely N-dealkylation sites (tertiary alicyclic amines) is 1. The molecule has 0 aromatic carbocycles. The first kappa shape index (κ1) is 15.3. The monoisotopic (exact) mass is 328 g/mol. The van der Waals surface area contributed by atoms with Gasteiger partial charge in [-0.15, -0.1) is 11.8 Å². The normalized spacial score (nSPS) is 24.7. The summed E-state index contributed by atoms with van der Waals surface area (Å²) in [4.78, 5) is 11.5. The van der Waals surface area contributed by atoms with Gasteiger partial charge in [-0.05, 0) is 26.4 Å². The van der Waals surface area contributed by atoms with Crippen LogP contribution in [0.1, 0.15) is 24.3 Å². The first-order chi connectivity index (χ1) is 10.2. The van der Waals surface area contributed by atoms with Gasteiger partial charge in [-0.3, -0.25) is 0 Å². The lowest BCUT2D eigenvalue weighted by atomic mass is 9.91. The minimum absolute atomic E-state index is 0.510. The molecule has 3 rings (SSSR count). The third-order valence-electron chi connectivity index (χ3n) is 4.07. The van der Waals surface area contributed by atoms with E-state index in [-0.39, 0.29) is 0 Å². The molecule has 1 N–H and O–H groups in total. The molecule has 0 spiro atoms. The van der Waals surface area contributed by atoms with Gasteiger partial charge in [-0.2, -0.15) is 0 Å². The molecular weight excluding hydrogens is 308 g/mol. The van der Waals surface area contributed by atoms with Gasteiger partial charge < -0.3 is 15.0 Å². The highest BCUT2D eigenvalue weighted by Crippen LogP contribution is 2.50. The Labute approximate surface area is 134 Å². The standard InChI is InChI=1S/C14H21ClN4OS/c1-19-6-4-9-10(8-19)21-13-11(9)12(15)17-14(18-13)16-5-3-7-20-2/h9-10H,3-8H2,1-2H3,(H,16,17,18). The van der Waals surface area contributed by atoms with Crippen molar-refractivity contribution in [3.05, 3.63) is 10.7 Å². The van der Waals surface area contributed by atoms with Crippen molar-refractivity contribution < 1.29 is 4.74 Å². The van der Waals surface area contributed by atoms with Crippen LogP contribution >= 0.6 is 23.4 Å². The van der Waals surface area contributed by atoms with E-state index in [1.807, 2.05) is 11.8 Å². The van der Waals surface area contributed by atoms with Gasteiger partial charge in [0.1, 0.15) is 10.2 Å². The van der Waals surface area contributed by atoms with Crippen molar-refractivity contribution >= 4 is 29.3 Å². The molecule has 5 nitrogen and oxygen atoms in total. The lowest BCUT2D eigenvalue weighted by Crippen LogP contribution is -2.36.